The summed E-state index contributed by atoms with van der Waals surface area (Å²) in [6, 6.07) is 1.89. The maximum absolute atomic E-state index is 9.53. The third-order valence-electron chi connectivity index (χ3n) is 2.48. The standard InChI is InChI=1S/C10H15N3O/c1-8-11-5-4-10(12-8)13-6-2-3-9(14)7-13/h4-5,9,14H,2-3,6-7H2,1H3. The van der Waals surface area contributed by atoms with E-state index in [1.807, 2.05) is 13.0 Å². The number of aliphatic hydroxyl groups excluding tert-OH is 1. The van der Waals surface area contributed by atoms with Crippen LogP contribution in [0.15, 0.2) is 12.3 Å². The summed E-state index contributed by atoms with van der Waals surface area (Å²) in [7, 11) is 0. The molecule has 0 radical (unpaired) electrons. The summed E-state index contributed by atoms with van der Waals surface area (Å²) < 4.78 is 0. The lowest BCUT2D eigenvalue weighted by atomic mass is 10.1. The summed E-state index contributed by atoms with van der Waals surface area (Å²) in [6.07, 6.45) is 3.49. The van der Waals surface area contributed by atoms with Gasteiger partial charge in [-0.2, -0.15) is 0 Å². The highest BCUT2D eigenvalue weighted by atomic mass is 16.3. The van der Waals surface area contributed by atoms with Gasteiger partial charge < -0.3 is 10.0 Å². The van der Waals surface area contributed by atoms with Crippen molar-refractivity contribution in [2.45, 2.75) is 25.9 Å². The van der Waals surface area contributed by atoms with Crippen LogP contribution in [-0.4, -0.2) is 34.3 Å². The second-order valence-corrected chi connectivity index (χ2v) is 3.70. The average molecular weight is 193 g/mol. The minimum atomic E-state index is -0.209. The van der Waals surface area contributed by atoms with Gasteiger partial charge in [-0.3, -0.25) is 0 Å². The molecule has 0 aromatic carbocycles. The van der Waals surface area contributed by atoms with Crippen LogP contribution in [0, 0.1) is 6.92 Å². The molecule has 0 aliphatic carbocycles. The van der Waals surface area contributed by atoms with E-state index in [1.54, 1.807) is 6.20 Å². The molecule has 1 saturated heterocycles. The van der Waals surface area contributed by atoms with Crippen molar-refractivity contribution < 1.29 is 5.11 Å². The Labute approximate surface area is 83.6 Å². The fraction of sp³-hybridized carbons (Fsp3) is 0.600. The second kappa shape index (κ2) is 3.92. The molecule has 1 aromatic rings. The molecular weight excluding hydrogens is 178 g/mol. The zero-order valence-corrected chi connectivity index (χ0v) is 8.35. The van der Waals surface area contributed by atoms with Gasteiger partial charge in [-0.05, 0) is 25.8 Å². The van der Waals surface area contributed by atoms with Crippen LogP contribution < -0.4 is 4.90 Å². The Hall–Kier alpha value is -1.16. The number of β-amino-alcohol motifs (C(OH)–C–C–N with tert-alkyl or cyclic N) is 1. The van der Waals surface area contributed by atoms with Crippen molar-refractivity contribution in [3.05, 3.63) is 18.1 Å². The van der Waals surface area contributed by atoms with E-state index in [1.165, 1.54) is 0 Å². The summed E-state index contributed by atoms with van der Waals surface area (Å²) in [5.41, 5.74) is 0. The van der Waals surface area contributed by atoms with Crippen molar-refractivity contribution in [3.8, 4) is 0 Å². The van der Waals surface area contributed by atoms with Crippen molar-refractivity contribution in [1.82, 2.24) is 9.97 Å². The summed E-state index contributed by atoms with van der Waals surface area (Å²) in [5, 5.41) is 9.53. The van der Waals surface area contributed by atoms with Gasteiger partial charge in [-0.1, -0.05) is 0 Å². The SMILES string of the molecule is Cc1nccc(N2CCCC(O)C2)n1. The molecule has 0 spiro atoms. The van der Waals surface area contributed by atoms with E-state index in [2.05, 4.69) is 14.9 Å². The van der Waals surface area contributed by atoms with Crippen LogP contribution in [0.4, 0.5) is 5.82 Å². The van der Waals surface area contributed by atoms with Gasteiger partial charge in [0.25, 0.3) is 0 Å². The number of hydrogen-bond acceptors (Lipinski definition) is 4. The fourth-order valence-corrected chi connectivity index (χ4v) is 1.78. The molecule has 1 atom stereocenters. The molecule has 1 N–H and O–H groups in total. The van der Waals surface area contributed by atoms with Crippen molar-refractivity contribution in [2.75, 3.05) is 18.0 Å². The van der Waals surface area contributed by atoms with Crippen LogP contribution in [0.2, 0.25) is 0 Å². The van der Waals surface area contributed by atoms with E-state index >= 15 is 0 Å². The first-order valence-corrected chi connectivity index (χ1v) is 4.98. The quantitative estimate of drug-likeness (QED) is 0.715. The highest BCUT2D eigenvalue weighted by Crippen LogP contribution is 2.16. The van der Waals surface area contributed by atoms with E-state index < -0.39 is 0 Å². The molecule has 1 aliphatic rings. The maximum Gasteiger partial charge on any atom is 0.132 e. The predicted molar refractivity (Wildman–Crippen MR) is 54.2 cm³/mol. The molecule has 0 bridgehead atoms. The zero-order valence-electron chi connectivity index (χ0n) is 8.35. The summed E-state index contributed by atoms with van der Waals surface area (Å²) in [4.78, 5) is 10.5. The molecule has 0 saturated carbocycles. The van der Waals surface area contributed by atoms with Crippen LogP contribution in [0.3, 0.4) is 0 Å². The Kier molecular flexibility index (Phi) is 2.63. The van der Waals surface area contributed by atoms with Gasteiger partial charge in [0, 0.05) is 19.3 Å². The Bertz CT molecular complexity index is 316. The Morgan fingerprint density at radius 1 is 1.57 bits per heavy atom. The minimum Gasteiger partial charge on any atom is -0.391 e. The predicted octanol–water partition coefficient (Wildman–Crippen LogP) is 0.746. The topological polar surface area (TPSA) is 49.2 Å². The summed E-state index contributed by atoms with van der Waals surface area (Å²) in [5.74, 6) is 1.71. The van der Waals surface area contributed by atoms with E-state index in [-0.39, 0.29) is 6.10 Å². The fourth-order valence-electron chi connectivity index (χ4n) is 1.78. The van der Waals surface area contributed by atoms with E-state index in [9.17, 15) is 5.11 Å². The molecule has 14 heavy (non-hydrogen) atoms. The largest absolute Gasteiger partial charge is 0.391 e. The molecule has 0 amide bonds. The van der Waals surface area contributed by atoms with Crippen LogP contribution in [0.25, 0.3) is 0 Å². The van der Waals surface area contributed by atoms with Gasteiger partial charge >= 0.3 is 0 Å². The first kappa shape index (κ1) is 9.40. The number of rotatable bonds is 1. The maximum atomic E-state index is 9.53. The van der Waals surface area contributed by atoms with Gasteiger partial charge in [0.1, 0.15) is 11.6 Å². The lowest BCUT2D eigenvalue weighted by molar-refractivity contribution is 0.154. The van der Waals surface area contributed by atoms with Crippen LogP contribution in [-0.2, 0) is 0 Å². The molecule has 1 unspecified atom stereocenters. The van der Waals surface area contributed by atoms with Crippen molar-refractivity contribution in [3.63, 3.8) is 0 Å². The lowest BCUT2D eigenvalue weighted by Gasteiger charge is -2.30. The number of aromatic nitrogens is 2. The van der Waals surface area contributed by atoms with Crippen LogP contribution >= 0.6 is 0 Å². The number of aliphatic hydroxyl groups is 1. The number of hydrogen-bond donors (Lipinski definition) is 1. The minimum absolute atomic E-state index is 0.209. The molecule has 4 heteroatoms. The number of aryl methyl sites for hydroxylation is 1. The van der Waals surface area contributed by atoms with Gasteiger partial charge in [0.15, 0.2) is 0 Å². The zero-order chi connectivity index (χ0) is 9.97. The highest BCUT2D eigenvalue weighted by molar-refractivity contribution is 5.37. The Morgan fingerprint density at radius 3 is 3.14 bits per heavy atom. The van der Waals surface area contributed by atoms with Gasteiger partial charge in [-0.25, -0.2) is 9.97 Å². The second-order valence-electron chi connectivity index (χ2n) is 3.70. The first-order chi connectivity index (χ1) is 6.75. The number of anilines is 1. The number of piperidine rings is 1. The average Bonchev–Trinajstić information content (AvgIpc) is 2.18. The van der Waals surface area contributed by atoms with Gasteiger partial charge in [0.05, 0.1) is 6.10 Å². The third kappa shape index (κ3) is 2.01. The lowest BCUT2D eigenvalue weighted by Crippen LogP contribution is -2.38. The van der Waals surface area contributed by atoms with Crippen molar-refractivity contribution >= 4 is 5.82 Å². The Balaban J connectivity index is 2.14. The van der Waals surface area contributed by atoms with Crippen molar-refractivity contribution in [1.29, 1.82) is 0 Å². The summed E-state index contributed by atoms with van der Waals surface area (Å²) in [6.45, 7) is 3.55. The number of nitrogens with zero attached hydrogens (tertiary/aromatic N) is 3. The molecule has 1 aliphatic heterocycles. The summed E-state index contributed by atoms with van der Waals surface area (Å²) >= 11 is 0. The molecule has 4 nitrogen and oxygen atoms in total. The molecule has 1 fully saturated rings. The van der Waals surface area contributed by atoms with E-state index in [4.69, 9.17) is 0 Å². The van der Waals surface area contributed by atoms with E-state index in [0.29, 0.717) is 6.54 Å². The van der Waals surface area contributed by atoms with Crippen LogP contribution in [0.5, 0.6) is 0 Å². The molecule has 76 valence electrons. The van der Waals surface area contributed by atoms with E-state index in [0.717, 1.165) is 31.0 Å². The molecule has 1 aromatic heterocycles. The van der Waals surface area contributed by atoms with Gasteiger partial charge in [0.2, 0.25) is 0 Å². The molecular formula is C10H15N3O. The highest BCUT2D eigenvalue weighted by Gasteiger charge is 2.18. The first-order valence-electron chi connectivity index (χ1n) is 4.98. The normalized spacial score (nSPS) is 22.4. The van der Waals surface area contributed by atoms with Gasteiger partial charge in [-0.15, -0.1) is 0 Å². The van der Waals surface area contributed by atoms with Crippen molar-refractivity contribution in [2.24, 2.45) is 0 Å². The van der Waals surface area contributed by atoms with Crippen LogP contribution in [0.1, 0.15) is 18.7 Å². The Morgan fingerprint density at radius 2 is 2.43 bits per heavy atom. The molecule has 2 rings (SSSR count). The molecule has 2 heterocycles. The smallest absolute Gasteiger partial charge is 0.132 e. The third-order valence-corrected chi connectivity index (χ3v) is 2.48. The monoisotopic (exact) mass is 193 g/mol.